The van der Waals surface area contributed by atoms with E-state index in [1.165, 1.54) is 7.11 Å². The van der Waals surface area contributed by atoms with E-state index in [1.54, 1.807) is 25.3 Å². The molecule has 0 unspecified atom stereocenters. The molecule has 1 aliphatic rings. The van der Waals surface area contributed by atoms with E-state index in [1.807, 2.05) is 17.0 Å². The van der Waals surface area contributed by atoms with Crippen molar-refractivity contribution in [3.8, 4) is 17.1 Å². The Kier molecular flexibility index (Phi) is 5.14. The molecule has 1 saturated heterocycles. The molecular weight excluding hydrogens is 320 g/mol. The number of piperidine rings is 1. The molecule has 7 nitrogen and oxygen atoms in total. The van der Waals surface area contributed by atoms with Gasteiger partial charge in [0.15, 0.2) is 0 Å². The van der Waals surface area contributed by atoms with Crippen molar-refractivity contribution < 1.29 is 14.3 Å². The number of nitrogen functional groups attached to an aromatic ring is 1. The minimum Gasteiger partial charge on any atom is -0.481 e. The Morgan fingerprint density at radius 3 is 2.68 bits per heavy atom. The fraction of sp³-hybridized carbons (Fsp3) is 0.389. The number of rotatable bonds is 4. The van der Waals surface area contributed by atoms with Crippen molar-refractivity contribution in [2.24, 2.45) is 0 Å². The van der Waals surface area contributed by atoms with Crippen LogP contribution in [0.2, 0.25) is 0 Å². The number of methoxy groups -OCH3 is 2. The summed E-state index contributed by atoms with van der Waals surface area (Å²) in [5.41, 5.74) is 7.85. The van der Waals surface area contributed by atoms with Crippen molar-refractivity contribution in [1.29, 1.82) is 0 Å². The van der Waals surface area contributed by atoms with Gasteiger partial charge in [0.2, 0.25) is 11.8 Å². The van der Waals surface area contributed by atoms with Gasteiger partial charge in [0.1, 0.15) is 0 Å². The van der Waals surface area contributed by atoms with Crippen LogP contribution >= 0.6 is 0 Å². The van der Waals surface area contributed by atoms with E-state index in [-0.39, 0.29) is 18.0 Å². The predicted octanol–water partition coefficient (Wildman–Crippen LogP) is 1.99. The van der Waals surface area contributed by atoms with Crippen LogP contribution in [0.1, 0.15) is 23.2 Å². The van der Waals surface area contributed by atoms with E-state index in [4.69, 9.17) is 15.2 Å². The maximum Gasteiger partial charge on any atom is 0.253 e. The van der Waals surface area contributed by atoms with Crippen LogP contribution in [-0.4, -0.2) is 54.2 Å². The summed E-state index contributed by atoms with van der Waals surface area (Å²) < 4.78 is 10.5. The van der Waals surface area contributed by atoms with Crippen molar-refractivity contribution in [1.82, 2.24) is 14.9 Å². The van der Waals surface area contributed by atoms with Gasteiger partial charge in [0, 0.05) is 37.4 Å². The Morgan fingerprint density at radius 2 is 2.00 bits per heavy atom. The van der Waals surface area contributed by atoms with Crippen LogP contribution in [-0.2, 0) is 4.74 Å². The van der Waals surface area contributed by atoms with E-state index in [2.05, 4.69) is 9.97 Å². The lowest BCUT2D eigenvalue weighted by atomic mass is 10.0. The average molecular weight is 342 g/mol. The van der Waals surface area contributed by atoms with Gasteiger partial charge in [-0.15, -0.1) is 0 Å². The first-order chi connectivity index (χ1) is 12.1. The van der Waals surface area contributed by atoms with Crippen LogP contribution in [0.3, 0.4) is 0 Å². The van der Waals surface area contributed by atoms with Crippen LogP contribution < -0.4 is 10.5 Å². The lowest BCUT2D eigenvalue weighted by Crippen LogP contribution is -2.42. The zero-order chi connectivity index (χ0) is 17.8. The molecule has 1 fully saturated rings. The van der Waals surface area contributed by atoms with Gasteiger partial charge in [0.05, 0.1) is 18.9 Å². The van der Waals surface area contributed by atoms with Crippen molar-refractivity contribution in [3.05, 3.63) is 35.9 Å². The summed E-state index contributed by atoms with van der Waals surface area (Å²) in [6, 6.07) is 9.02. The summed E-state index contributed by atoms with van der Waals surface area (Å²) in [4.78, 5) is 22.7. The van der Waals surface area contributed by atoms with Crippen LogP contribution in [0.4, 0.5) is 5.95 Å². The number of carbonyl (C=O) groups is 1. The highest BCUT2D eigenvalue weighted by Gasteiger charge is 2.24. The molecule has 1 aromatic heterocycles. The topological polar surface area (TPSA) is 90.6 Å². The van der Waals surface area contributed by atoms with Gasteiger partial charge in [-0.1, -0.05) is 12.1 Å². The molecule has 1 atom stereocenters. The fourth-order valence-corrected chi connectivity index (χ4v) is 2.98. The Labute approximate surface area is 146 Å². The molecule has 2 heterocycles. The number of hydrogen-bond donors (Lipinski definition) is 1. The van der Waals surface area contributed by atoms with E-state index < -0.39 is 0 Å². The lowest BCUT2D eigenvalue weighted by molar-refractivity contribution is 0.0269. The molecule has 1 aliphatic heterocycles. The van der Waals surface area contributed by atoms with Gasteiger partial charge in [-0.2, -0.15) is 4.98 Å². The summed E-state index contributed by atoms with van der Waals surface area (Å²) in [5, 5.41) is 0. The van der Waals surface area contributed by atoms with Crippen molar-refractivity contribution in [3.63, 3.8) is 0 Å². The second kappa shape index (κ2) is 7.48. The Morgan fingerprint density at radius 1 is 1.24 bits per heavy atom. The third-order valence-electron chi connectivity index (χ3n) is 4.36. The molecule has 3 rings (SSSR count). The summed E-state index contributed by atoms with van der Waals surface area (Å²) in [7, 11) is 3.22. The second-order valence-corrected chi connectivity index (χ2v) is 5.98. The van der Waals surface area contributed by atoms with Crippen molar-refractivity contribution in [2.75, 3.05) is 33.0 Å². The highest BCUT2D eigenvalue weighted by molar-refractivity contribution is 5.94. The van der Waals surface area contributed by atoms with E-state index in [0.717, 1.165) is 24.9 Å². The minimum absolute atomic E-state index is 0.0214. The molecule has 1 amide bonds. The molecule has 7 heteroatoms. The number of carbonyl (C=O) groups excluding carboxylic acids is 1. The maximum absolute atomic E-state index is 12.7. The average Bonchev–Trinajstić information content (AvgIpc) is 2.67. The third kappa shape index (κ3) is 3.88. The number of likely N-dealkylation sites (tertiary alicyclic amines) is 1. The Hall–Kier alpha value is -2.67. The van der Waals surface area contributed by atoms with Crippen molar-refractivity contribution >= 4 is 11.9 Å². The van der Waals surface area contributed by atoms with Crippen molar-refractivity contribution in [2.45, 2.75) is 18.9 Å². The van der Waals surface area contributed by atoms with Gasteiger partial charge in [-0.25, -0.2) is 4.98 Å². The van der Waals surface area contributed by atoms with Crippen LogP contribution in [0.25, 0.3) is 11.3 Å². The van der Waals surface area contributed by atoms with Gasteiger partial charge in [-0.3, -0.25) is 4.79 Å². The molecule has 2 N–H and O–H groups in total. The molecule has 132 valence electrons. The number of aromatic nitrogens is 2. The maximum atomic E-state index is 12.7. The van der Waals surface area contributed by atoms with E-state index in [9.17, 15) is 4.79 Å². The van der Waals surface area contributed by atoms with Gasteiger partial charge < -0.3 is 20.1 Å². The first-order valence-corrected chi connectivity index (χ1v) is 8.21. The zero-order valence-electron chi connectivity index (χ0n) is 14.4. The summed E-state index contributed by atoms with van der Waals surface area (Å²) in [6.07, 6.45) is 2.08. The molecule has 0 radical (unpaired) electrons. The second-order valence-electron chi connectivity index (χ2n) is 5.98. The highest BCUT2D eigenvalue weighted by atomic mass is 16.5. The number of amides is 1. The standard InChI is InChI=1S/C18H22N4O3/c1-24-14-4-3-9-22(11-14)17(23)13-7-5-12(6-8-13)15-10-16(25-2)21-18(19)20-15/h5-8,10,14H,3-4,9,11H2,1-2H3,(H2,19,20,21)/t14-/m0/s1. The Balaban J connectivity index is 1.78. The largest absolute Gasteiger partial charge is 0.481 e. The van der Waals surface area contributed by atoms with Crippen LogP contribution in [0, 0.1) is 0 Å². The van der Waals surface area contributed by atoms with Gasteiger partial charge >= 0.3 is 0 Å². The quantitative estimate of drug-likeness (QED) is 0.914. The molecule has 0 bridgehead atoms. The number of anilines is 1. The number of ether oxygens (including phenoxy) is 2. The number of benzene rings is 1. The highest BCUT2D eigenvalue weighted by Crippen LogP contribution is 2.23. The number of hydrogen-bond acceptors (Lipinski definition) is 6. The zero-order valence-corrected chi connectivity index (χ0v) is 14.4. The first-order valence-electron chi connectivity index (χ1n) is 8.21. The Bertz CT molecular complexity index is 748. The predicted molar refractivity (Wildman–Crippen MR) is 94.4 cm³/mol. The van der Waals surface area contributed by atoms with Crippen LogP contribution in [0.5, 0.6) is 5.88 Å². The molecule has 0 saturated carbocycles. The van der Waals surface area contributed by atoms with Crippen LogP contribution in [0.15, 0.2) is 30.3 Å². The first kappa shape index (κ1) is 17.2. The number of nitrogens with zero attached hydrogens (tertiary/aromatic N) is 3. The molecule has 1 aromatic carbocycles. The summed E-state index contributed by atoms with van der Waals surface area (Å²) in [5.74, 6) is 0.572. The molecule has 2 aromatic rings. The molecule has 0 spiro atoms. The molecule has 0 aliphatic carbocycles. The number of nitrogens with two attached hydrogens (primary N) is 1. The molecular formula is C18H22N4O3. The monoisotopic (exact) mass is 342 g/mol. The molecule has 25 heavy (non-hydrogen) atoms. The minimum atomic E-state index is 0.0214. The van der Waals surface area contributed by atoms with E-state index in [0.29, 0.717) is 23.7 Å². The third-order valence-corrected chi connectivity index (χ3v) is 4.36. The fourth-order valence-electron chi connectivity index (χ4n) is 2.98. The summed E-state index contributed by atoms with van der Waals surface area (Å²) >= 11 is 0. The van der Waals surface area contributed by atoms with E-state index >= 15 is 0 Å². The summed E-state index contributed by atoms with van der Waals surface area (Å²) in [6.45, 7) is 1.40. The van der Waals surface area contributed by atoms with Gasteiger partial charge in [-0.05, 0) is 25.0 Å². The SMILES string of the molecule is COc1cc(-c2ccc(C(=O)N3CCC[C@H](OC)C3)cc2)nc(N)n1. The normalized spacial score (nSPS) is 17.4. The lowest BCUT2D eigenvalue weighted by Gasteiger charge is -2.32. The smallest absolute Gasteiger partial charge is 0.253 e. The van der Waals surface area contributed by atoms with Gasteiger partial charge in [0.25, 0.3) is 5.91 Å².